The standard InChI is InChI=1S/C28H31FN4O/c1-2-26(33(24-9-5-3-6-10-24)25-11-7-4-8-12-25)31-19-17-28(18-20-31)27(34)30-21-32(28)23-15-13-22(29)14-16-23/h3-16,26H,2,17-21H2,1H3,(H,30,34). The maximum Gasteiger partial charge on any atom is 0.247 e. The molecule has 0 bridgehead atoms. The van der Waals surface area contributed by atoms with Crippen LogP contribution in [0.4, 0.5) is 21.5 Å². The third-order valence-electron chi connectivity index (χ3n) is 7.25. The normalized spacial score (nSPS) is 18.6. The molecule has 176 valence electrons. The van der Waals surface area contributed by atoms with Crippen LogP contribution in [0.1, 0.15) is 26.2 Å². The molecule has 5 nitrogen and oxygen atoms in total. The van der Waals surface area contributed by atoms with Gasteiger partial charge in [-0.2, -0.15) is 0 Å². The number of amides is 1. The summed E-state index contributed by atoms with van der Waals surface area (Å²) in [6.45, 7) is 4.29. The minimum absolute atomic E-state index is 0.0764. The Hall–Kier alpha value is -3.38. The van der Waals surface area contributed by atoms with E-state index in [0.717, 1.165) is 49.4 Å². The van der Waals surface area contributed by atoms with Gasteiger partial charge in [-0.3, -0.25) is 9.69 Å². The molecule has 1 unspecified atom stereocenters. The number of nitrogens with zero attached hydrogens (tertiary/aromatic N) is 3. The number of anilines is 3. The van der Waals surface area contributed by atoms with E-state index < -0.39 is 5.54 Å². The van der Waals surface area contributed by atoms with Gasteiger partial charge in [0.05, 0.1) is 12.8 Å². The number of halogens is 1. The second-order valence-electron chi connectivity index (χ2n) is 9.07. The van der Waals surface area contributed by atoms with E-state index in [9.17, 15) is 9.18 Å². The second kappa shape index (κ2) is 9.47. The average molecular weight is 459 g/mol. The Kier molecular flexibility index (Phi) is 6.24. The molecule has 6 heteroatoms. The lowest BCUT2D eigenvalue weighted by atomic mass is 9.85. The summed E-state index contributed by atoms with van der Waals surface area (Å²) in [6.07, 6.45) is 2.57. The molecule has 0 saturated carbocycles. The number of para-hydroxylation sites is 2. The molecule has 0 aromatic heterocycles. The molecular weight excluding hydrogens is 427 g/mol. The van der Waals surface area contributed by atoms with Crippen LogP contribution in [0.15, 0.2) is 84.9 Å². The number of carbonyl (C=O) groups is 1. The zero-order valence-corrected chi connectivity index (χ0v) is 19.5. The summed E-state index contributed by atoms with van der Waals surface area (Å²) < 4.78 is 13.5. The highest BCUT2D eigenvalue weighted by Crippen LogP contribution is 2.38. The monoisotopic (exact) mass is 458 g/mol. The summed E-state index contributed by atoms with van der Waals surface area (Å²) in [5.41, 5.74) is 2.62. The van der Waals surface area contributed by atoms with Crippen molar-refractivity contribution >= 4 is 23.0 Å². The third kappa shape index (κ3) is 4.03. The van der Waals surface area contributed by atoms with Gasteiger partial charge < -0.3 is 15.1 Å². The van der Waals surface area contributed by atoms with Crippen molar-refractivity contribution in [2.75, 3.05) is 29.6 Å². The van der Waals surface area contributed by atoms with Gasteiger partial charge in [0.25, 0.3) is 0 Å². The molecule has 2 fully saturated rings. The molecule has 2 saturated heterocycles. The molecule has 1 spiro atoms. The lowest BCUT2D eigenvalue weighted by Gasteiger charge is -2.48. The Balaban J connectivity index is 1.41. The van der Waals surface area contributed by atoms with E-state index >= 15 is 0 Å². The zero-order chi connectivity index (χ0) is 23.5. The highest BCUT2D eigenvalue weighted by molar-refractivity contribution is 5.93. The maximum atomic E-state index is 13.5. The third-order valence-corrected chi connectivity index (χ3v) is 7.25. The highest BCUT2D eigenvalue weighted by atomic mass is 19.1. The van der Waals surface area contributed by atoms with Crippen LogP contribution in [-0.2, 0) is 4.79 Å². The van der Waals surface area contributed by atoms with E-state index in [1.165, 1.54) is 12.1 Å². The van der Waals surface area contributed by atoms with Crippen LogP contribution in [0.2, 0.25) is 0 Å². The molecule has 2 aliphatic rings. The fraction of sp³-hybridized carbons (Fsp3) is 0.321. The molecule has 2 heterocycles. The Morgan fingerprint density at radius 3 is 2.00 bits per heavy atom. The summed E-state index contributed by atoms with van der Waals surface area (Å²) in [7, 11) is 0. The fourth-order valence-electron chi connectivity index (χ4n) is 5.51. The summed E-state index contributed by atoms with van der Waals surface area (Å²) in [4.78, 5) is 20.1. The average Bonchev–Trinajstić information content (AvgIpc) is 3.20. The van der Waals surface area contributed by atoms with Crippen molar-refractivity contribution in [1.29, 1.82) is 0 Å². The van der Waals surface area contributed by atoms with Gasteiger partial charge in [0, 0.05) is 30.2 Å². The second-order valence-corrected chi connectivity index (χ2v) is 9.07. The van der Waals surface area contributed by atoms with Crippen LogP contribution in [0, 0.1) is 5.82 Å². The van der Waals surface area contributed by atoms with Crippen molar-refractivity contribution in [3.63, 3.8) is 0 Å². The summed E-state index contributed by atoms with van der Waals surface area (Å²) in [6, 6.07) is 27.5. The topological polar surface area (TPSA) is 38.8 Å². The van der Waals surface area contributed by atoms with Gasteiger partial charge in [-0.05, 0) is 67.8 Å². The first-order valence-corrected chi connectivity index (χ1v) is 12.1. The zero-order valence-electron chi connectivity index (χ0n) is 19.5. The lowest BCUT2D eigenvalue weighted by molar-refractivity contribution is -0.125. The van der Waals surface area contributed by atoms with Crippen molar-refractivity contribution in [2.45, 2.75) is 37.9 Å². The SMILES string of the molecule is CCC(N1CCC2(CC1)C(=O)NCN2c1ccc(F)cc1)N(c1ccccc1)c1ccccc1. The molecule has 2 aliphatic heterocycles. The lowest BCUT2D eigenvalue weighted by Crippen LogP contribution is -2.59. The number of rotatable bonds is 6. The molecule has 3 aromatic rings. The molecule has 34 heavy (non-hydrogen) atoms. The molecule has 3 aromatic carbocycles. The molecular formula is C28H31FN4O. The van der Waals surface area contributed by atoms with Crippen LogP contribution in [0.3, 0.4) is 0 Å². The van der Waals surface area contributed by atoms with Crippen molar-refractivity contribution < 1.29 is 9.18 Å². The van der Waals surface area contributed by atoms with E-state index in [2.05, 4.69) is 75.5 Å². The first-order valence-electron chi connectivity index (χ1n) is 12.1. The number of likely N-dealkylation sites (tertiary alicyclic amines) is 1. The summed E-state index contributed by atoms with van der Waals surface area (Å²) in [5.74, 6) is -0.189. The van der Waals surface area contributed by atoms with Gasteiger partial charge in [-0.1, -0.05) is 43.3 Å². The van der Waals surface area contributed by atoms with Crippen molar-refractivity contribution in [1.82, 2.24) is 10.2 Å². The number of piperidine rings is 1. The fourth-order valence-corrected chi connectivity index (χ4v) is 5.51. The summed E-state index contributed by atoms with van der Waals surface area (Å²) >= 11 is 0. The number of carbonyl (C=O) groups excluding carboxylic acids is 1. The van der Waals surface area contributed by atoms with E-state index in [1.807, 2.05) is 12.1 Å². The molecule has 5 rings (SSSR count). The van der Waals surface area contributed by atoms with Crippen LogP contribution in [0.5, 0.6) is 0 Å². The Morgan fingerprint density at radius 1 is 0.912 bits per heavy atom. The Bertz CT molecular complexity index is 1060. The number of nitrogens with one attached hydrogen (secondary N) is 1. The Labute approximate surface area is 200 Å². The van der Waals surface area contributed by atoms with Gasteiger partial charge in [0.15, 0.2) is 0 Å². The smallest absolute Gasteiger partial charge is 0.247 e. The predicted octanol–water partition coefficient (Wildman–Crippen LogP) is 5.13. The minimum atomic E-state index is -0.586. The molecule has 1 amide bonds. The minimum Gasteiger partial charge on any atom is -0.339 e. The van der Waals surface area contributed by atoms with Crippen LogP contribution < -0.4 is 15.1 Å². The summed E-state index contributed by atoms with van der Waals surface area (Å²) in [5, 5.41) is 3.04. The van der Waals surface area contributed by atoms with Gasteiger partial charge in [-0.25, -0.2) is 4.39 Å². The van der Waals surface area contributed by atoms with Crippen molar-refractivity contribution in [3.05, 3.63) is 90.7 Å². The van der Waals surface area contributed by atoms with Gasteiger partial charge in [0.1, 0.15) is 11.4 Å². The first-order chi connectivity index (χ1) is 16.6. The molecule has 0 radical (unpaired) electrons. The quantitative estimate of drug-likeness (QED) is 0.556. The first kappa shape index (κ1) is 22.4. The van der Waals surface area contributed by atoms with Gasteiger partial charge >= 0.3 is 0 Å². The number of benzene rings is 3. The van der Waals surface area contributed by atoms with Crippen LogP contribution >= 0.6 is 0 Å². The number of hydrogen-bond acceptors (Lipinski definition) is 4. The van der Waals surface area contributed by atoms with Gasteiger partial charge in [-0.15, -0.1) is 0 Å². The Morgan fingerprint density at radius 2 is 1.47 bits per heavy atom. The number of hydrogen-bond donors (Lipinski definition) is 1. The van der Waals surface area contributed by atoms with Gasteiger partial charge in [0.2, 0.25) is 5.91 Å². The highest BCUT2D eigenvalue weighted by Gasteiger charge is 2.51. The van der Waals surface area contributed by atoms with Crippen LogP contribution in [-0.4, -0.2) is 42.3 Å². The van der Waals surface area contributed by atoms with Crippen molar-refractivity contribution in [2.24, 2.45) is 0 Å². The maximum absolute atomic E-state index is 13.5. The van der Waals surface area contributed by atoms with Crippen molar-refractivity contribution in [3.8, 4) is 0 Å². The molecule has 1 N–H and O–H groups in total. The van der Waals surface area contributed by atoms with E-state index in [4.69, 9.17) is 0 Å². The van der Waals surface area contributed by atoms with E-state index in [1.54, 1.807) is 12.1 Å². The van der Waals surface area contributed by atoms with Crippen LogP contribution in [0.25, 0.3) is 0 Å². The van der Waals surface area contributed by atoms with E-state index in [0.29, 0.717) is 6.67 Å². The van der Waals surface area contributed by atoms with E-state index in [-0.39, 0.29) is 17.9 Å². The predicted molar refractivity (Wildman–Crippen MR) is 135 cm³/mol. The molecule has 1 atom stereocenters. The largest absolute Gasteiger partial charge is 0.339 e. The molecule has 0 aliphatic carbocycles.